The molecule has 2 N–H and O–H groups in total. The Morgan fingerprint density at radius 1 is 1.19 bits per heavy atom. The Hall–Kier alpha value is -2.28. The van der Waals surface area contributed by atoms with E-state index < -0.39 is 5.97 Å². The Labute approximate surface area is 163 Å². The van der Waals surface area contributed by atoms with Crippen molar-refractivity contribution in [2.45, 2.75) is 6.54 Å². The number of benzene rings is 2. The lowest BCUT2D eigenvalue weighted by Crippen LogP contribution is -2.22. The first-order valence-electron chi connectivity index (χ1n) is 7.46. The van der Waals surface area contributed by atoms with Gasteiger partial charge in [-0.25, -0.2) is 4.79 Å². The SMILES string of the molecule is COc1ccc(CNC(=O)c2sc3cc(Cl)ccc3c2Cl)cc1C(=O)O. The van der Waals surface area contributed by atoms with Crippen molar-refractivity contribution in [2.24, 2.45) is 0 Å². The molecule has 1 heterocycles. The van der Waals surface area contributed by atoms with Crippen LogP contribution in [0.1, 0.15) is 25.6 Å². The summed E-state index contributed by atoms with van der Waals surface area (Å²) in [5.74, 6) is -1.17. The molecule has 1 amide bonds. The van der Waals surface area contributed by atoms with E-state index >= 15 is 0 Å². The second kappa shape index (κ2) is 7.53. The molecule has 0 unspecified atom stereocenters. The zero-order valence-electron chi connectivity index (χ0n) is 13.5. The largest absolute Gasteiger partial charge is 0.496 e. The van der Waals surface area contributed by atoms with Crippen molar-refractivity contribution < 1.29 is 19.4 Å². The number of fused-ring (bicyclic) bond motifs is 1. The number of hydrogen-bond acceptors (Lipinski definition) is 4. The van der Waals surface area contributed by atoms with Gasteiger partial charge in [0.05, 0.1) is 12.1 Å². The zero-order valence-corrected chi connectivity index (χ0v) is 15.8. The van der Waals surface area contributed by atoms with Gasteiger partial charge < -0.3 is 15.2 Å². The van der Waals surface area contributed by atoms with Crippen LogP contribution in [-0.4, -0.2) is 24.1 Å². The minimum absolute atomic E-state index is 0.0359. The van der Waals surface area contributed by atoms with E-state index in [4.69, 9.17) is 27.9 Å². The molecule has 0 fully saturated rings. The van der Waals surface area contributed by atoms with Crippen molar-refractivity contribution in [2.75, 3.05) is 7.11 Å². The number of carbonyl (C=O) groups is 2. The summed E-state index contributed by atoms with van der Waals surface area (Å²) < 4.78 is 5.85. The number of aromatic carboxylic acids is 1. The van der Waals surface area contributed by atoms with Crippen molar-refractivity contribution in [1.82, 2.24) is 5.32 Å². The van der Waals surface area contributed by atoms with Gasteiger partial charge in [0.2, 0.25) is 0 Å². The molecule has 0 aliphatic rings. The molecule has 2 aromatic carbocycles. The molecule has 0 spiro atoms. The quantitative estimate of drug-likeness (QED) is 0.631. The number of ether oxygens (including phenoxy) is 1. The average Bonchev–Trinajstić information content (AvgIpc) is 2.95. The summed E-state index contributed by atoms with van der Waals surface area (Å²) in [5.41, 5.74) is 0.672. The number of nitrogens with one attached hydrogen (secondary N) is 1. The molecular formula is C18H13Cl2NO4S. The molecule has 0 saturated heterocycles. The van der Waals surface area contributed by atoms with Crippen LogP contribution in [0, 0.1) is 0 Å². The smallest absolute Gasteiger partial charge is 0.339 e. The number of amides is 1. The number of methoxy groups -OCH3 is 1. The predicted octanol–water partition coefficient (Wildman–Crippen LogP) is 4.84. The molecule has 134 valence electrons. The van der Waals surface area contributed by atoms with E-state index in [0.717, 1.165) is 10.1 Å². The molecule has 0 saturated carbocycles. The number of halogens is 2. The molecule has 5 nitrogen and oxygen atoms in total. The molecule has 0 radical (unpaired) electrons. The van der Waals surface area contributed by atoms with Gasteiger partial charge in [-0.3, -0.25) is 4.79 Å². The normalized spacial score (nSPS) is 10.7. The zero-order chi connectivity index (χ0) is 18.8. The van der Waals surface area contributed by atoms with Crippen molar-refractivity contribution in [3.63, 3.8) is 0 Å². The van der Waals surface area contributed by atoms with Crippen molar-refractivity contribution in [3.05, 3.63) is 62.4 Å². The average molecular weight is 410 g/mol. The molecule has 0 aliphatic carbocycles. The fourth-order valence-corrected chi connectivity index (χ4v) is 4.19. The van der Waals surface area contributed by atoms with Crippen LogP contribution in [0.4, 0.5) is 0 Å². The van der Waals surface area contributed by atoms with Gasteiger partial charge in [0.25, 0.3) is 5.91 Å². The molecule has 3 rings (SSSR count). The maximum Gasteiger partial charge on any atom is 0.339 e. The van der Waals surface area contributed by atoms with Crippen molar-refractivity contribution >= 4 is 56.5 Å². The number of carboxylic acids is 1. The number of thiophene rings is 1. The molecule has 1 aromatic heterocycles. The highest BCUT2D eigenvalue weighted by atomic mass is 35.5. The first kappa shape index (κ1) is 18.5. The van der Waals surface area contributed by atoms with E-state index in [0.29, 0.717) is 20.5 Å². The van der Waals surface area contributed by atoms with Gasteiger partial charge in [-0.15, -0.1) is 11.3 Å². The lowest BCUT2D eigenvalue weighted by Gasteiger charge is -2.08. The van der Waals surface area contributed by atoms with Crippen LogP contribution in [0.2, 0.25) is 10.0 Å². The summed E-state index contributed by atoms with van der Waals surface area (Å²) in [6, 6.07) is 9.96. The number of carbonyl (C=O) groups excluding carboxylic acids is 1. The van der Waals surface area contributed by atoms with E-state index in [1.807, 2.05) is 0 Å². The molecule has 8 heteroatoms. The predicted molar refractivity (Wildman–Crippen MR) is 103 cm³/mol. The van der Waals surface area contributed by atoms with Gasteiger partial charge in [0, 0.05) is 21.7 Å². The Balaban J connectivity index is 1.80. The molecule has 26 heavy (non-hydrogen) atoms. The van der Waals surface area contributed by atoms with Crippen LogP contribution < -0.4 is 10.1 Å². The fraction of sp³-hybridized carbons (Fsp3) is 0.111. The van der Waals surface area contributed by atoms with Crippen molar-refractivity contribution in [1.29, 1.82) is 0 Å². The van der Waals surface area contributed by atoms with Crippen LogP contribution >= 0.6 is 34.5 Å². The molecule has 0 atom stereocenters. The van der Waals surface area contributed by atoms with Crippen LogP contribution in [0.5, 0.6) is 5.75 Å². The van der Waals surface area contributed by atoms with E-state index in [1.54, 1.807) is 30.3 Å². The standard InChI is InChI=1S/C18H13Cl2NO4S/c1-25-13-5-2-9(6-12(13)18(23)24)8-21-17(22)16-15(20)11-4-3-10(19)7-14(11)26-16/h2-7H,8H2,1H3,(H,21,22)(H,23,24). The van der Waals surface area contributed by atoms with Crippen LogP contribution in [0.25, 0.3) is 10.1 Å². The van der Waals surface area contributed by atoms with Crippen molar-refractivity contribution in [3.8, 4) is 5.75 Å². The highest BCUT2D eigenvalue weighted by molar-refractivity contribution is 7.21. The first-order chi connectivity index (χ1) is 12.4. The second-order valence-corrected chi connectivity index (χ2v) is 7.27. The lowest BCUT2D eigenvalue weighted by molar-refractivity contribution is 0.0693. The Kier molecular flexibility index (Phi) is 5.36. The van der Waals surface area contributed by atoms with E-state index in [-0.39, 0.29) is 23.8 Å². The third-order valence-electron chi connectivity index (χ3n) is 3.75. The summed E-state index contributed by atoms with van der Waals surface area (Å²) in [4.78, 5) is 24.1. The van der Waals surface area contributed by atoms with Gasteiger partial charge in [-0.05, 0) is 29.8 Å². The number of carboxylic acid groups (broad SMARTS) is 1. The molecule has 0 aliphatic heterocycles. The summed E-state index contributed by atoms with van der Waals surface area (Å²) in [6.07, 6.45) is 0. The lowest BCUT2D eigenvalue weighted by atomic mass is 10.1. The maximum atomic E-state index is 12.5. The Morgan fingerprint density at radius 2 is 1.96 bits per heavy atom. The minimum atomic E-state index is -1.10. The number of rotatable bonds is 5. The summed E-state index contributed by atoms with van der Waals surface area (Å²) in [6.45, 7) is 0.161. The highest BCUT2D eigenvalue weighted by Crippen LogP contribution is 2.36. The fourth-order valence-electron chi connectivity index (χ4n) is 2.48. The van der Waals surface area contributed by atoms with E-state index in [1.165, 1.54) is 24.5 Å². The van der Waals surface area contributed by atoms with Gasteiger partial charge in [0.1, 0.15) is 16.2 Å². The second-order valence-electron chi connectivity index (χ2n) is 5.41. The third kappa shape index (κ3) is 3.62. The number of hydrogen-bond donors (Lipinski definition) is 2. The van der Waals surface area contributed by atoms with Gasteiger partial charge >= 0.3 is 5.97 Å². The summed E-state index contributed by atoms with van der Waals surface area (Å²) in [5, 5.41) is 13.7. The monoisotopic (exact) mass is 409 g/mol. The van der Waals surface area contributed by atoms with E-state index in [9.17, 15) is 14.7 Å². The minimum Gasteiger partial charge on any atom is -0.496 e. The van der Waals surface area contributed by atoms with Crippen LogP contribution in [0.15, 0.2) is 36.4 Å². The maximum absolute atomic E-state index is 12.5. The molecule has 3 aromatic rings. The Morgan fingerprint density at radius 3 is 2.65 bits per heavy atom. The topological polar surface area (TPSA) is 75.6 Å². The van der Waals surface area contributed by atoms with Crippen LogP contribution in [-0.2, 0) is 6.54 Å². The molecule has 0 bridgehead atoms. The van der Waals surface area contributed by atoms with Gasteiger partial charge in [-0.1, -0.05) is 35.3 Å². The highest BCUT2D eigenvalue weighted by Gasteiger charge is 2.18. The van der Waals surface area contributed by atoms with Gasteiger partial charge in [0.15, 0.2) is 0 Å². The van der Waals surface area contributed by atoms with Crippen LogP contribution in [0.3, 0.4) is 0 Å². The first-order valence-corrected chi connectivity index (χ1v) is 9.04. The summed E-state index contributed by atoms with van der Waals surface area (Å²) in [7, 11) is 1.40. The van der Waals surface area contributed by atoms with Gasteiger partial charge in [-0.2, -0.15) is 0 Å². The van der Waals surface area contributed by atoms with E-state index in [2.05, 4.69) is 5.32 Å². The Bertz CT molecular complexity index is 1020. The third-order valence-corrected chi connectivity index (χ3v) is 5.64. The molecular weight excluding hydrogens is 397 g/mol. The summed E-state index contributed by atoms with van der Waals surface area (Å²) >= 11 is 13.5.